The van der Waals surface area contributed by atoms with Gasteiger partial charge in [-0.2, -0.15) is 0 Å². The van der Waals surface area contributed by atoms with E-state index in [4.69, 9.17) is 14.2 Å². The molecule has 0 radical (unpaired) electrons. The summed E-state index contributed by atoms with van der Waals surface area (Å²) in [4.78, 5) is 25.2. The van der Waals surface area contributed by atoms with Crippen LogP contribution in [0, 0.1) is 6.92 Å². The number of para-hydroxylation sites is 3. The number of aryl methyl sites for hydroxylation is 1. The van der Waals surface area contributed by atoms with Gasteiger partial charge in [-0.05, 0) is 37.3 Å². The number of benzene rings is 3. The zero-order valence-electron chi connectivity index (χ0n) is 15.6. The summed E-state index contributed by atoms with van der Waals surface area (Å²) in [5, 5.41) is 0.764. The Kier molecular flexibility index (Phi) is 4.99. The van der Waals surface area contributed by atoms with Crippen molar-refractivity contribution in [2.75, 3.05) is 0 Å². The number of fused-ring (bicyclic) bond motifs is 1. The molecule has 29 heavy (non-hydrogen) atoms. The van der Waals surface area contributed by atoms with Crippen LogP contribution < -0.4 is 14.2 Å². The van der Waals surface area contributed by atoms with E-state index in [2.05, 4.69) is 0 Å². The lowest BCUT2D eigenvalue weighted by Crippen LogP contribution is -2.22. The predicted molar refractivity (Wildman–Crippen MR) is 108 cm³/mol. The van der Waals surface area contributed by atoms with E-state index >= 15 is 0 Å². The average molecular weight is 387 g/mol. The Morgan fingerprint density at radius 2 is 1.24 bits per heavy atom. The van der Waals surface area contributed by atoms with Gasteiger partial charge in [0.1, 0.15) is 11.5 Å². The highest BCUT2D eigenvalue weighted by Crippen LogP contribution is 2.32. The topological polar surface area (TPSA) is 66.8 Å². The van der Waals surface area contributed by atoms with Crippen molar-refractivity contribution in [3.8, 4) is 17.4 Å². The number of nitrogens with zero attached hydrogens (tertiary/aromatic N) is 1. The van der Waals surface area contributed by atoms with Crippen molar-refractivity contribution in [2.24, 2.45) is 0 Å². The van der Waals surface area contributed by atoms with Gasteiger partial charge in [-0.1, -0.05) is 54.6 Å². The largest absolute Gasteiger partial charge is 0.520 e. The molecule has 0 N–H and O–H groups in total. The van der Waals surface area contributed by atoms with Crippen LogP contribution in [0.5, 0.6) is 17.4 Å². The Morgan fingerprint density at radius 1 is 0.690 bits per heavy atom. The Morgan fingerprint density at radius 3 is 1.90 bits per heavy atom. The SMILES string of the molecule is Cc1c(OC(=O)Oc2ccccc2)n(C(=O)Oc2ccccc2)c2ccccc12. The molecule has 4 rings (SSSR count). The quantitative estimate of drug-likeness (QED) is 0.339. The Balaban J connectivity index is 1.69. The van der Waals surface area contributed by atoms with E-state index in [1.807, 2.05) is 18.2 Å². The van der Waals surface area contributed by atoms with Crippen molar-refractivity contribution in [3.05, 3.63) is 90.5 Å². The first-order chi connectivity index (χ1) is 14.1. The second-order valence-electron chi connectivity index (χ2n) is 6.23. The van der Waals surface area contributed by atoms with E-state index in [9.17, 15) is 9.59 Å². The molecular weight excluding hydrogens is 370 g/mol. The van der Waals surface area contributed by atoms with Gasteiger partial charge >= 0.3 is 12.2 Å². The van der Waals surface area contributed by atoms with Crippen molar-refractivity contribution < 1.29 is 23.8 Å². The Bertz CT molecular complexity index is 1170. The summed E-state index contributed by atoms with van der Waals surface area (Å²) in [7, 11) is 0. The molecule has 6 nitrogen and oxygen atoms in total. The maximum atomic E-state index is 12.9. The first-order valence-electron chi connectivity index (χ1n) is 8.95. The van der Waals surface area contributed by atoms with Crippen LogP contribution >= 0.6 is 0 Å². The van der Waals surface area contributed by atoms with Crippen LogP contribution in [-0.4, -0.2) is 16.8 Å². The fourth-order valence-corrected chi connectivity index (χ4v) is 3.00. The fourth-order valence-electron chi connectivity index (χ4n) is 3.00. The number of ether oxygens (including phenoxy) is 3. The normalized spacial score (nSPS) is 10.5. The summed E-state index contributed by atoms with van der Waals surface area (Å²) >= 11 is 0. The standard InChI is InChI=1S/C23H17NO5/c1-16-19-14-8-9-15-20(19)24(22(25)27-17-10-4-2-5-11-17)21(16)29-23(26)28-18-12-6-3-7-13-18/h2-15H,1H3. The minimum atomic E-state index is -0.948. The molecule has 0 fully saturated rings. The van der Waals surface area contributed by atoms with Gasteiger partial charge in [0.05, 0.1) is 5.52 Å². The summed E-state index contributed by atoms with van der Waals surface area (Å²) < 4.78 is 17.3. The molecule has 0 aliphatic carbocycles. The average Bonchev–Trinajstić information content (AvgIpc) is 3.01. The lowest BCUT2D eigenvalue weighted by Gasteiger charge is -2.11. The van der Waals surface area contributed by atoms with Crippen molar-refractivity contribution in [3.63, 3.8) is 0 Å². The first-order valence-corrected chi connectivity index (χ1v) is 8.95. The maximum Gasteiger partial charge on any atom is 0.520 e. The molecule has 6 heteroatoms. The molecule has 0 spiro atoms. The molecule has 3 aromatic carbocycles. The minimum absolute atomic E-state index is 0.0491. The summed E-state index contributed by atoms with van der Waals surface area (Å²) in [5.41, 5.74) is 1.18. The highest BCUT2D eigenvalue weighted by atomic mass is 16.7. The van der Waals surface area contributed by atoms with Crippen molar-refractivity contribution in [1.82, 2.24) is 4.57 Å². The smallest absolute Gasteiger partial charge is 0.410 e. The molecular formula is C23H17NO5. The highest BCUT2D eigenvalue weighted by Gasteiger charge is 2.24. The van der Waals surface area contributed by atoms with Gasteiger partial charge in [0.15, 0.2) is 0 Å². The van der Waals surface area contributed by atoms with Crippen LogP contribution in [0.2, 0.25) is 0 Å². The highest BCUT2D eigenvalue weighted by molar-refractivity contribution is 5.96. The minimum Gasteiger partial charge on any atom is -0.410 e. The van der Waals surface area contributed by atoms with Crippen LogP contribution in [0.4, 0.5) is 9.59 Å². The van der Waals surface area contributed by atoms with Crippen molar-refractivity contribution in [2.45, 2.75) is 6.92 Å². The van der Waals surface area contributed by atoms with Gasteiger partial charge in [-0.25, -0.2) is 14.2 Å². The van der Waals surface area contributed by atoms with Crippen LogP contribution in [0.15, 0.2) is 84.9 Å². The molecule has 0 amide bonds. The lowest BCUT2D eigenvalue weighted by molar-refractivity contribution is 0.147. The van der Waals surface area contributed by atoms with Crippen LogP contribution in [-0.2, 0) is 0 Å². The fraction of sp³-hybridized carbons (Fsp3) is 0.0435. The third-order valence-electron chi connectivity index (χ3n) is 4.33. The molecule has 0 aliphatic rings. The number of aromatic nitrogens is 1. The summed E-state index contributed by atoms with van der Waals surface area (Å²) in [6.07, 6.45) is -1.64. The third kappa shape index (κ3) is 3.82. The van der Waals surface area contributed by atoms with E-state index in [1.165, 1.54) is 4.57 Å². The Labute approximate surface area is 166 Å². The number of carbonyl (C=O) groups excluding carboxylic acids is 2. The van der Waals surface area contributed by atoms with E-state index in [-0.39, 0.29) is 5.88 Å². The monoisotopic (exact) mass is 387 g/mol. The van der Waals surface area contributed by atoms with E-state index in [1.54, 1.807) is 73.7 Å². The van der Waals surface area contributed by atoms with E-state index in [0.717, 1.165) is 5.39 Å². The molecule has 1 aromatic heterocycles. The summed E-state index contributed by atoms with van der Waals surface area (Å²) in [6.45, 7) is 1.76. The van der Waals surface area contributed by atoms with Crippen LogP contribution in [0.3, 0.4) is 0 Å². The maximum absolute atomic E-state index is 12.9. The van der Waals surface area contributed by atoms with Gasteiger partial charge < -0.3 is 14.2 Å². The van der Waals surface area contributed by atoms with E-state index < -0.39 is 12.2 Å². The molecule has 1 heterocycles. The summed E-state index contributed by atoms with van der Waals surface area (Å²) in [5.74, 6) is 0.767. The molecule has 0 saturated carbocycles. The van der Waals surface area contributed by atoms with Crippen molar-refractivity contribution >= 4 is 23.2 Å². The van der Waals surface area contributed by atoms with Crippen LogP contribution in [0.25, 0.3) is 10.9 Å². The first kappa shape index (κ1) is 18.3. The number of carbonyl (C=O) groups is 2. The third-order valence-corrected chi connectivity index (χ3v) is 4.33. The number of hydrogen-bond donors (Lipinski definition) is 0. The molecule has 0 saturated heterocycles. The molecule has 0 unspecified atom stereocenters. The lowest BCUT2D eigenvalue weighted by atomic mass is 10.2. The van der Waals surface area contributed by atoms with Gasteiger partial charge in [0.2, 0.25) is 5.88 Å². The zero-order valence-corrected chi connectivity index (χ0v) is 15.6. The van der Waals surface area contributed by atoms with Gasteiger partial charge in [0, 0.05) is 10.9 Å². The molecule has 144 valence electrons. The van der Waals surface area contributed by atoms with Crippen molar-refractivity contribution in [1.29, 1.82) is 0 Å². The second-order valence-corrected chi connectivity index (χ2v) is 6.23. The van der Waals surface area contributed by atoms with Gasteiger partial charge in [-0.15, -0.1) is 0 Å². The number of hydrogen-bond acceptors (Lipinski definition) is 5. The predicted octanol–water partition coefficient (Wildman–Crippen LogP) is 5.57. The molecule has 0 bridgehead atoms. The summed E-state index contributed by atoms with van der Waals surface area (Å²) in [6, 6.07) is 24.4. The molecule has 0 aliphatic heterocycles. The Hall–Kier alpha value is -4.06. The van der Waals surface area contributed by atoms with Gasteiger partial charge in [0.25, 0.3) is 0 Å². The van der Waals surface area contributed by atoms with Gasteiger partial charge in [-0.3, -0.25) is 0 Å². The number of rotatable bonds is 3. The second kappa shape index (κ2) is 7.90. The molecule has 4 aromatic rings. The van der Waals surface area contributed by atoms with Crippen LogP contribution in [0.1, 0.15) is 5.56 Å². The molecule has 0 atom stereocenters. The van der Waals surface area contributed by atoms with E-state index in [0.29, 0.717) is 22.6 Å². The zero-order chi connectivity index (χ0) is 20.2.